The molecule has 2 aromatic rings. The molecule has 2 N–H and O–H groups in total. The van der Waals surface area contributed by atoms with Gasteiger partial charge < -0.3 is 5.32 Å². The van der Waals surface area contributed by atoms with E-state index in [1.165, 1.54) is 6.07 Å². The van der Waals surface area contributed by atoms with Gasteiger partial charge in [-0.2, -0.15) is 0 Å². The average Bonchev–Trinajstić information content (AvgIpc) is 2.88. The van der Waals surface area contributed by atoms with Gasteiger partial charge in [0.15, 0.2) is 0 Å². The Morgan fingerprint density at radius 2 is 1.83 bits per heavy atom. The Labute approximate surface area is 131 Å². The number of rotatable bonds is 4. The van der Waals surface area contributed by atoms with Crippen LogP contribution in [0.5, 0.6) is 0 Å². The molecule has 23 heavy (non-hydrogen) atoms. The minimum Gasteiger partial charge on any atom is -0.324 e. The number of carbonyl (C=O) groups is 1. The number of carbonyl (C=O) groups excluding carboxylic acids is 1. The first-order chi connectivity index (χ1) is 10.9. The molecule has 1 heterocycles. The molecule has 0 saturated carbocycles. The minimum atomic E-state index is -3.92. The van der Waals surface area contributed by atoms with Gasteiger partial charge >= 0.3 is 0 Å². The molecule has 0 atom stereocenters. The van der Waals surface area contributed by atoms with E-state index in [0.29, 0.717) is 11.3 Å². The van der Waals surface area contributed by atoms with Crippen molar-refractivity contribution in [3.8, 4) is 0 Å². The second-order valence-electron chi connectivity index (χ2n) is 4.92. The number of para-hydroxylation sites is 1. The van der Waals surface area contributed by atoms with Crippen molar-refractivity contribution >= 4 is 33.0 Å². The van der Waals surface area contributed by atoms with Gasteiger partial charge in [-0.3, -0.25) is 19.6 Å². The minimum absolute atomic E-state index is 0.106. The molecule has 0 aliphatic carbocycles. The fourth-order valence-corrected chi connectivity index (χ4v) is 3.36. The van der Waals surface area contributed by atoms with Crippen LogP contribution in [-0.4, -0.2) is 19.2 Å². The number of fused-ring (bicyclic) bond motifs is 1. The molecule has 0 saturated heterocycles. The third kappa shape index (κ3) is 2.86. The summed E-state index contributed by atoms with van der Waals surface area (Å²) in [6.45, 7) is 0. The second-order valence-corrected chi connectivity index (χ2v) is 6.60. The van der Waals surface area contributed by atoms with E-state index in [1.54, 1.807) is 12.1 Å². The highest BCUT2D eigenvalue weighted by molar-refractivity contribution is 7.92. The monoisotopic (exact) mass is 333 g/mol. The highest BCUT2D eigenvalue weighted by Crippen LogP contribution is 2.32. The first kappa shape index (κ1) is 15.0. The van der Waals surface area contributed by atoms with Gasteiger partial charge in [-0.25, -0.2) is 8.42 Å². The van der Waals surface area contributed by atoms with E-state index in [0.717, 1.165) is 24.3 Å². The van der Waals surface area contributed by atoms with Crippen molar-refractivity contribution in [3.05, 3.63) is 58.1 Å². The Morgan fingerprint density at radius 1 is 1.13 bits per heavy atom. The molecule has 1 aliphatic rings. The summed E-state index contributed by atoms with van der Waals surface area (Å²) >= 11 is 0. The molecule has 3 rings (SSSR count). The van der Waals surface area contributed by atoms with Crippen LogP contribution in [0, 0.1) is 10.1 Å². The quantitative estimate of drug-likeness (QED) is 0.654. The summed E-state index contributed by atoms with van der Waals surface area (Å²) in [4.78, 5) is 21.3. The fourth-order valence-electron chi connectivity index (χ4n) is 2.29. The fraction of sp³-hybridized carbons (Fsp3) is 0.0714. The number of nitro groups is 1. The number of hydrogen-bond donors (Lipinski definition) is 2. The van der Waals surface area contributed by atoms with Crippen LogP contribution in [0.25, 0.3) is 0 Å². The van der Waals surface area contributed by atoms with Crippen LogP contribution in [0.2, 0.25) is 0 Å². The topological polar surface area (TPSA) is 118 Å². The first-order valence-corrected chi connectivity index (χ1v) is 8.04. The van der Waals surface area contributed by atoms with Crippen LogP contribution in [0.4, 0.5) is 17.1 Å². The molecule has 0 aromatic heterocycles. The Balaban J connectivity index is 1.92. The molecule has 9 heteroatoms. The summed E-state index contributed by atoms with van der Waals surface area (Å²) in [6.07, 6.45) is 0.197. The predicted molar refractivity (Wildman–Crippen MR) is 82.7 cm³/mol. The molecule has 0 bridgehead atoms. The Morgan fingerprint density at radius 3 is 2.48 bits per heavy atom. The lowest BCUT2D eigenvalue weighted by atomic mass is 10.1. The maximum Gasteiger partial charge on any atom is 0.269 e. The van der Waals surface area contributed by atoms with Crippen molar-refractivity contribution in [1.82, 2.24) is 0 Å². The zero-order valence-electron chi connectivity index (χ0n) is 11.6. The number of nitrogens with zero attached hydrogens (tertiary/aromatic N) is 1. The van der Waals surface area contributed by atoms with Crippen molar-refractivity contribution in [1.29, 1.82) is 0 Å². The van der Waals surface area contributed by atoms with Crippen molar-refractivity contribution < 1.29 is 18.1 Å². The maximum absolute atomic E-state index is 12.4. The maximum atomic E-state index is 12.4. The molecule has 1 amide bonds. The van der Waals surface area contributed by atoms with Gasteiger partial charge in [-0.15, -0.1) is 0 Å². The number of benzene rings is 2. The lowest BCUT2D eigenvalue weighted by Crippen LogP contribution is -2.14. The molecule has 0 fully saturated rings. The van der Waals surface area contributed by atoms with Crippen LogP contribution >= 0.6 is 0 Å². The zero-order chi connectivity index (χ0) is 16.6. The summed E-state index contributed by atoms with van der Waals surface area (Å²) in [7, 11) is -3.92. The highest BCUT2D eigenvalue weighted by Gasteiger charge is 2.23. The average molecular weight is 333 g/mol. The van der Waals surface area contributed by atoms with E-state index in [2.05, 4.69) is 10.0 Å². The van der Waals surface area contributed by atoms with Crippen LogP contribution < -0.4 is 10.0 Å². The number of nitro benzene ring substituents is 1. The predicted octanol–water partition coefficient (Wildman–Crippen LogP) is 1.89. The summed E-state index contributed by atoms with van der Waals surface area (Å²) in [5, 5.41) is 13.2. The molecular formula is C14H11N3O5S. The lowest BCUT2D eigenvalue weighted by molar-refractivity contribution is -0.384. The van der Waals surface area contributed by atoms with Gasteiger partial charge in [-0.1, -0.05) is 12.1 Å². The third-order valence-electron chi connectivity index (χ3n) is 3.37. The number of hydrogen-bond acceptors (Lipinski definition) is 5. The summed E-state index contributed by atoms with van der Waals surface area (Å²) in [6, 6.07) is 9.46. The smallest absolute Gasteiger partial charge is 0.269 e. The number of sulfonamides is 1. The van der Waals surface area contributed by atoms with Gasteiger partial charge in [0.2, 0.25) is 5.91 Å². The van der Waals surface area contributed by atoms with E-state index in [4.69, 9.17) is 0 Å². The number of nitrogens with one attached hydrogen (secondary N) is 2. The standard InChI is InChI=1S/C14H11N3O5S/c18-13-8-9-2-1-3-12(14(9)15-13)16-23(21,22)11-6-4-10(5-7-11)17(19)20/h1-7,16H,8H2,(H,15,18). The number of anilines is 2. The SMILES string of the molecule is O=C1Cc2cccc(NS(=O)(=O)c3ccc([N+](=O)[O-])cc3)c2N1. The van der Waals surface area contributed by atoms with E-state index in [1.807, 2.05) is 0 Å². The van der Waals surface area contributed by atoms with Crippen molar-refractivity contribution in [3.63, 3.8) is 0 Å². The van der Waals surface area contributed by atoms with Crippen molar-refractivity contribution in [2.75, 3.05) is 10.0 Å². The van der Waals surface area contributed by atoms with Gasteiger partial charge in [-0.05, 0) is 23.8 Å². The zero-order valence-corrected chi connectivity index (χ0v) is 12.5. The Bertz CT molecular complexity index is 907. The van der Waals surface area contributed by atoms with Gasteiger partial charge in [0.05, 0.1) is 27.6 Å². The largest absolute Gasteiger partial charge is 0.324 e. The Hall–Kier alpha value is -2.94. The van der Waals surface area contributed by atoms with E-state index in [-0.39, 0.29) is 28.6 Å². The molecular weight excluding hydrogens is 322 g/mol. The lowest BCUT2D eigenvalue weighted by Gasteiger charge is -2.11. The summed E-state index contributed by atoms with van der Waals surface area (Å²) < 4.78 is 27.1. The van der Waals surface area contributed by atoms with Gasteiger partial charge in [0, 0.05) is 12.1 Å². The molecule has 0 radical (unpaired) electrons. The first-order valence-electron chi connectivity index (χ1n) is 6.56. The van der Waals surface area contributed by atoms with Crippen LogP contribution in [0.3, 0.4) is 0 Å². The number of amides is 1. The van der Waals surface area contributed by atoms with E-state index < -0.39 is 14.9 Å². The van der Waals surface area contributed by atoms with Gasteiger partial charge in [0.25, 0.3) is 15.7 Å². The van der Waals surface area contributed by atoms with Crippen LogP contribution in [0.1, 0.15) is 5.56 Å². The number of non-ortho nitro benzene ring substituents is 1. The highest BCUT2D eigenvalue weighted by atomic mass is 32.2. The normalized spacial score (nSPS) is 13.3. The second kappa shape index (κ2) is 5.36. The Kier molecular flexibility index (Phi) is 3.49. The molecule has 8 nitrogen and oxygen atoms in total. The molecule has 118 valence electrons. The molecule has 2 aromatic carbocycles. The van der Waals surface area contributed by atoms with Crippen molar-refractivity contribution in [2.45, 2.75) is 11.3 Å². The molecule has 0 spiro atoms. The van der Waals surface area contributed by atoms with Crippen molar-refractivity contribution in [2.24, 2.45) is 0 Å². The molecule has 0 unspecified atom stereocenters. The van der Waals surface area contributed by atoms with Crippen LogP contribution in [0.15, 0.2) is 47.4 Å². The summed E-state index contributed by atoms with van der Waals surface area (Å²) in [5.41, 5.74) is 1.20. The van der Waals surface area contributed by atoms with E-state index in [9.17, 15) is 23.3 Å². The summed E-state index contributed by atoms with van der Waals surface area (Å²) in [5.74, 6) is -0.206. The van der Waals surface area contributed by atoms with Gasteiger partial charge in [0.1, 0.15) is 0 Å². The molecule has 1 aliphatic heterocycles. The van der Waals surface area contributed by atoms with Crippen LogP contribution in [-0.2, 0) is 21.2 Å². The third-order valence-corrected chi connectivity index (χ3v) is 4.75. The van der Waals surface area contributed by atoms with E-state index >= 15 is 0 Å².